The fourth-order valence-corrected chi connectivity index (χ4v) is 2.34. The highest BCUT2D eigenvalue weighted by Gasteiger charge is 2.21. The van der Waals surface area contributed by atoms with Crippen LogP contribution in [-0.4, -0.2) is 29.1 Å². The summed E-state index contributed by atoms with van der Waals surface area (Å²) in [5, 5.41) is 2.21. The minimum Gasteiger partial charge on any atom is -0.314 e. The van der Waals surface area contributed by atoms with Gasteiger partial charge in [0.2, 0.25) is 0 Å². The Bertz CT molecular complexity index is 449. The lowest BCUT2D eigenvalue weighted by atomic mass is 10.3. The van der Waals surface area contributed by atoms with Gasteiger partial charge in [-0.15, -0.1) is 11.8 Å². The van der Waals surface area contributed by atoms with E-state index in [2.05, 4.69) is 5.32 Å². The minimum absolute atomic E-state index is 0.356. The normalized spacial score (nSPS) is 15.1. The largest absolute Gasteiger partial charge is 0.322 e. The number of halogens is 3. The van der Waals surface area contributed by atoms with Crippen LogP contribution in [0, 0.1) is 17.5 Å². The molecule has 2 rings (SSSR count). The Morgan fingerprint density at radius 3 is 2.71 bits per heavy atom. The highest BCUT2D eigenvalue weighted by molar-refractivity contribution is 7.99. The zero-order valence-electron chi connectivity index (χ0n) is 8.67. The predicted octanol–water partition coefficient (Wildman–Crippen LogP) is 2.64. The molecule has 7 heteroatoms. The average Bonchev–Trinajstić information content (AvgIpc) is 2.83. The number of hydrogen-bond donors (Lipinski definition) is 1. The van der Waals surface area contributed by atoms with Crippen LogP contribution >= 0.6 is 11.8 Å². The Morgan fingerprint density at radius 2 is 2.06 bits per heavy atom. The van der Waals surface area contributed by atoms with Crippen LogP contribution in [-0.2, 0) is 0 Å². The van der Waals surface area contributed by atoms with Crippen molar-refractivity contribution in [3.63, 3.8) is 0 Å². The van der Waals surface area contributed by atoms with E-state index in [-0.39, 0.29) is 5.69 Å². The van der Waals surface area contributed by atoms with Gasteiger partial charge in [0.05, 0.1) is 11.6 Å². The van der Waals surface area contributed by atoms with Crippen LogP contribution in [0.1, 0.15) is 0 Å². The maximum absolute atomic E-state index is 13.3. The van der Waals surface area contributed by atoms with Gasteiger partial charge in [-0.1, -0.05) is 0 Å². The molecule has 1 fully saturated rings. The lowest BCUT2D eigenvalue weighted by Gasteiger charge is -2.15. The van der Waals surface area contributed by atoms with E-state index in [9.17, 15) is 18.0 Å². The maximum Gasteiger partial charge on any atom is 0.322 e. The average molecular weight is 262 g/mol. The molecular formula is C10H9F3N2OS. The van der Waals surface area contributed by atoms with Crippen molar-refractivity contribution in [2.75, 3.05) is 23.5 Å². The van der Waals surface area contributed by atoms with Crippen molar-refractivity contribution in [1.82, 2.24) is 4.90 Å². The van der Waals surface area contributed by atoms with Gasteiger partial charge in [0, 0.05) is 12.3 Å². The van der Waals surface area contributed by atoms with E-state index < -0.39 is 23.5 Å². The summed E-state index contributed by atoms with van der Waals surface area (Å²) in [4.78, 5) is 13.0. The highest BCUT2D eigenvalue weighted by atomic mass is 32.2. The number of carbonyl (C=O) groups is 1. The van der Waals surface area contributed by atoms with Crippen molar-refractivity contribution in [2.45, 2.75) is 0 Å². The zero-order valence-corrected chi connectivity index (χ0v) is 9.49. The molecule has 92 valence electrons. The second-order valence-electron chi connectivity index (χ2n) is 3.45. The summed E-state index contributed by atoms with van der Waals surface area (Å²) in [5.74, 6) is -2.92. The number of carbonyl (C=O) groups excluding carboxylic acids is 1. The number of amides is 2. The van der Waals surface area contributed by atoms with Gasteiger partial charge in [0.1, 0.15) is 0 Å². The molecule has 1 aliphatic rings. The van der Waals surface area contributed by atoms with Gasteiger partial charge < -0.3 is 10.2 Å². The summed E-state index contributed by atoms with van der Waals surface area (Å²) in [6.07, 6.45) is 0. The Kier molecular flexibility index (Phi) is 3.46. The van der Waals surface area contributed by atoms with Crippen LogP contribution in [0.3, 0.4) is 0 Å². The van der Waals surface area contributed by atoms with E-state index >= 15 is 0 Å². The van der Waals surface area contributed by atoms with Gasteiger partial charge in [-0.25, -0.2) is 18.0 Å². The monoisotopic (exact) mass is 262 g/mol. The summed E-state index contributed by atoms with van der Waals surface area (Å²) >= 11 is 1.57. The molecule has 1 aliphatic heterocycles. The van der Waals surface area contributed by atoms with Gasteiger partial charge in [-0.2, -0.15) is 0 Å². The third-order valence-corrected chi connectivity index (χ3v) is 3.28. The van der Waals surface area contributed by atoms with E-state index in [0.29, 0.717) is 12.4 Å². The first kappa shape index (κ1) is 12.1. The van der Waals surface area contributed by atoms with Gasteiger partial charge in [-0.3, -0.25) is 0 Å². The van der Waals surface area contributed by atoms with Crippen LogP contribution < -0.4 is 5.32 Å². The van der Waals surface area contributed by atoms with Crippen molar-refractivity contribution < 1.29 is 18.0 Å². The molecule has 0 bridgehead atoms. The molecule has 1 aromatic carbocycles. The fourth-order valence-electron chi connectivity index (χ4n) is 1.39. The van der Waals surface area contributed by atoms with Gasteiger partial charge in [0.25, 0.3) is 0 Å². The molecule has 0 saturated carbocycles. The molecule has 1 N–H and O–H groups in total. The van der Waals surface area contributed by atoms with E-state index in [1.165, 1.54) is 4.90 Å². The maximum atomic E-state index is 13.3. The molecular weight excluding hydrogens is 253 g/mol. The first-order valence-corrected chi connectivity index (χ1v) is 6.02. The molecule has 3 nitrogen and oxygen atoms in total. The topological polar surface area (TPSA) is 32.3 Å². The third kappa shape index (κ3) is 2.49. The number of benzene rings is 1. The second-order valence-corrected chi connectivity index (χ2v) is 4.53. The van der Waals surface area contributed by atoms with E-state index in [1.54, 1.807) is 11.8 Å². The van der Waals surface area contributed by atoms with Gasteiger partial charge in [0.15, 0.2) is 17.5 Å². The number of rotatable bonds is 1. The Hall–Kier alpha value is -1.37. The van der Waals surface area contributed by atoms with Gasteiger partial charge in [-0.05, 0) is 12.1 Å². The second kappa shape index (κ2) is 4.87. The molecule has 17 heavy (non-hydrogen) atoms. The summed E-state index contributed by atoms with van der Waals surface area (Å²) in [6.45, 7) is 0.557. The highest BCUT2D eigenvalue weighted by Crippen LogP contribution is 2.21. The number of nitrogens with one attached hydrogen (secondary N) is 1. The van der Waals surface area contributed by atoms with Crippen molar-refractivity contribution in [3.8, 4) is 0 Å². The third-order valence-electron chi connectivity index (χ3n) is 2.32. The molecule has 0 spiro atoms. The van der Waals surface area contributed by atoms with Crippen molar-refractivity contribution in [3.05, 3.63) is 29.6 Å². The van der Waals surface area contributed by atoms with E-state index in [4.69, 9.17) is 0 Å². The molecule has 0 unspecified atom stereocenters. The Labute approximate surface area is 100.0 Å². The van der Waals surface area contributed by atoms with Crippen molar-refractivity contribution >= 4 is 23.5 Å². The Balaban J connectivity index is 2.13. The molecule has 0 radical (unpaired) electrons. The smallest absolute Gasteiger partial charge is 0.314 e. The number of hydrogen-bond acceptors (Lipinski definition) is 2. The molecule has 1 heterocycles. The minimum atomic E-state index is -1.58. The number of thioether (sulfide) groups is 1. The quantitative estimate of drug-likeness (QED) is 0.789. The molecule has 0 atom stereocenters. The zero-order chi connectivity index (χ0) is 12.4. The molecule has 0 aliphatic carbocycles. The lowest BCUT2D eigenvalue weighted by molar-refractivity contribution is 0.225. The number of urea groups is 1. The van der Waals surface area contributed by atoms with Crippen LogP contribution in [0.2, 0.25) is 0 Å². The Morgan fingerprint density at radius 1 is 1.29 bits per heavy atom. The van der Waals surface area contributed by atoms with E-state index in [1.807, 2.05) is 0 Å². The predicted molar refractivity (Wildman–Crippen MR) is 59.4 cm³/mol. The van der Waals surface area contributed by atoms with E-state index in [0.717, 1.165) is 17.9 Å². The molecule has 1 aromatic rings. The van der Waals surface area contributed by atoms with Crippen LogP contribution in [0.25, 0.3) is 0 Å². The SMILES string of the molecule is O=C(Nc1ccc(F)c(F)c1F)N1CCSC1. The van der Waals surface area contributed by atoms with Crippen LogP contribution in [0.5, 0.6) is 0 Å². The van der Waals surface area contributed by atoms with Crippen molar-refractivity contribution in [2.24, 2.45) is 0 Å². The summed E-state index contributed by atoms with van der Waals surface area (Å²) in [6, 6.07) is 1.25. The summed E-state index contributed by atoms with van der Waals surface area (Å²) in [5.41, 5.74) is -0.356. The molecule has 1 saturated heterocycles. The summed E-state index contributed by atoms with van der Waals surface area (Å²) < 4.78 is 38.8. The van der Waals surface area contributed by atoms with Crippen LogP contribution in [0.15, 0.2) is 12.1 Å². The van der Waals surface area contributed by atoms with Crippen LogP contribution in [0.4, 0.5) is 23.7 Å². The fraction of sp³-hybridized carbons (Fsp3) is 0.300. The van der Waals surface area contributed by atoms with Gasteiger partial charge >= 0.3 is 6.03 Å². The first-order valence-electron chi connectivity index (χ1n) is 4.87. The standard InChI is InChI=1S/C10H9F3N2OS/c11-6-1-2-7(9(13)8(6)12)14-10(16)15-3-4-17-5-15/h1-2H,3-5H2,(H,14,16). The molecule has 2 amide bonds. The number of nitrogens with zero attached hydrogens (tertiary/aromatic N) is 1. The molecule has 0 aromatic heterocycles. The number of anilines is 1. The summed E-state index contributed by atoms with van der Waals surface area (Å²) in [7, 11) is 0. The lowest BCUT2D eigenvalue weighted by Crippen LogP contribution is -2.32. The van der Waals surface area contributed by atoms with Crippen molar-refractivity contribution in [1.29, 1.82) is 0 Å². The first-order chi connectivity index (χ1) is 8.09.